The van der Waals surface area contributed by atoms with E-state index >= 15 is 0 Å². The molecule has 0 saturated carbocycles. The van der Waals surface area contributed by atoms with Gasteiger partial charge in [0.25, 0.3) is 5.91 Å². The van der Waals surface area contributed by atoms with Crippen molar-refractivity contribution in [3.05, 3.63) is 54.6 Å². The van der Waals surface area contributed by atoms with Crippen LogP contribution in [0.25, 0.3) is 0 Å². The van der Waals surface area contributed by atoms with Crippen molar-refractivity contribution in [2.45, 2.75) is 58.4 Å². The molecule has 1 atom stereocenters. The molecule has 0 radical (unpaired) electrons. The van der Waals surface area contributed by atoms with E-state index in [0.29, 0.717) is 24.0 Å². The molecule has 1 saturated heterocycles. The number of nitrogens with one attached hydrogen (secondary N) is 1. The van der Waals surface area contributed by atoms with Crippen LogP contribution in [0, 0.1) is 0 Å². The maximum absolute atomic E-state index is 13.4. The number of ether oxygens (including phenoxy) is 1. The molecule has 2 amide bonds. The lowest BCUT2D eigenvalue weighted by Crippen LogP contribution is -2.38. The molecule has 1 aliphatic rings. The van der Waals surface area contributed by atoms with Crippen LogP contribution in [0.3, 0.4) is 0 Å². The first kappa shape index (κ1) is 24.7. The molecular weight excluding hydrogens is 434 g/mol. The van der Waals surface area contributed by atoms with Gasteiger partial charge < -0.3 is 15.0 Å². The summed E-state index contributed by atoms with van der Waals surface area (Å²) in [7, 11) is 0. The van der Waals surface area contributed by atoms with Crippen LogP contribution in [0.15, 0.2) is 54.6 Å². The van der Waals surface area contributed by atoms with E-state index in [-0.39, 0.29) is 18.2 Å². The molecular formula is C26H33N3O3S. The van der Waals surface area contributed by atoms with Gasteiger partial charge in [0, 0.05) is 12.2 Å². The van der Waals surface area contributed by atoms with Gasteiger partial charge in [0.15, 0.2) is 5.11 Å². The van der Waals surface area contributed by atoms with Crippen LogP contribution in [0.4, 0.5) is 11.4 Å². The zero-order chi connectivity index (χ0) is 23.6. The van der Waals surface area contributed by atoms with E-state index in [1.807, 2.05) is 54.3 Å². The standard InChI is InChI=1S/C26H33N3O3S/c1-3-5-6-7-11-18-28-23(25(31)29(26(28)33)21-12-9-8-10-13-21)19-24(30)27-20-14-16-22(17-15-20)32-4-2/h8-10,12-17,23H,3-7,11,18-19H2,1-2H3,(H,27,30). The van der Waals surface area contributed by atoms with E-state index in [9.17, 15) is 9.59 Å². The Kier molecular flexibility index (Phi) is 9.24. The number of carbonyl (C=O) groups excluding carboxylic acids is 2. The molecule has 2 aromatic carbocycles. The normalized spacial score (nSPS) is 15.8. The highest BCUT2D eigenvalue weighted by atomic mass is 32.1. The van der Waals surface area contributed by atoms with Crippen LogP contribution in [-0.2, 0) is 9.59 Å². The molecule has 2 aromatic rings. The molecule has 0 aromatic heterocycles. The summed E-state index contributed by atoms with van der Waals surface area (Å²) in [6, 6.07) is 16.0. The zero-order valence-corrected chi connectivity index (χ0v) is 20.3. The van der Waals surface area contributed by atoms with Crippen molar-refractivity contribution in [2.24, 2.45) is 0 Å². The SMILES string of the molecule is CCCCCCCN1C(=S)N(c2ccccc2)C(=O)C1CC(=O)Nc1ccc(OCC)cc1. The molecule has 6 nitrogen and oxygen atoms in total. The van der Waals surface area contributed by atoms with Crippen LogP contribution in [0.5, 0.6) is 5.75 Å². The van der Waals surface area contributed by atoms with Crippen molar-refractivity contribution in [3.8, 4) is 5.75 Å². The van der Waals surface area contributed by atoms with Crippen LogP contribution >= 0.6 is 12.2 Å². The smallest absolute Gasteiger partial charge is 0.256 e. The van der Waals surface area contributed by atoms with Gasteiger partial charge in [-0.25, -0.2) is 0 Å². The topological polar surface area (TPSA) is 61.9 Å². The second kappa shape index (κ2) is 12.3. The maximum Gasteiger partial charge on any atom is 0.256 e. The first-order valence-electron chi connectivity index (χ1n) is 11.8. The highest BCUT2D eigenvalue weighted by Gasteiger charge is 2.43. The number of anilines is 2. The van der Waals surface area contributed by atoms with E-state index < -0.39 is 6.04 Å². The van der Waals surface area contributed by atoms with Crippen molar-refractivity contribution in [1.82, 2.24) is 4.90 Å². The van der Waals surface area contributed by atoms with Gasteiger partial charge in [0.05, 0.1) is 18.7 Å². The third kappa shape index (κ3) is 6.54. The summed E-state index contributed by atoms with van der Waals surface area (Å²) >= 11 is 5.71. The summed E-state index contributed by atoms with van der Waals surface area (Å²) < 4.78 is 5.45. The van der Waals surface area contributed by atoms with Gasteiger partial charge >= 0.3 is 0 Å². The summed E-state index contributed by atoms with van der Waals surface area (Å²) in [4.78, 5) is 29.7. The summed E-state index contributed by atoms with van der Waals surface area (Å²) in [6.07, 6.45) is 5.61. The van der Waals surface area contributed by atoms with Crippen molar-refractivity contribution in [2.75, 3.05) is 23.4 Å². The number of nitrogens with zero attached hydrogens (tertiary/aromatic N) is 2. The second-order valence-electron chi connectivity index (χ2n) is 8.12. The highest BCUT2D eigenvalue weighted by Crippen LogP contribution is 2.28. The molecule has 3 rings (SSSR count). The van der Waals surface area contributed by atoms with Gasteiger partial charge in [0.2, 0.25) is 5.91 Å². The number of amides is 2. The van der Waals surface area contributed by atoms with Gasteiger partial charge in [-0.3, -0.25) is 14.5 Å². The second-order valence-corrected chi connectivity index (χ2v) is 8.49. The van der Waals surface area contributed by atoms with E-state index in [1.54, 1.807) is 17.0 Å². The average Bonchev–Trinajstić information content (AvgIpc) is 3.04. The highest BCUT2D eigenvalue weighted by molar-refractivity contribution is 7.80. The van der Waals surface area contributed by atoms with Gasteiger partial charge in [-0.2, -0.15) is 0 Å². The minimum absolute atomic E-state index is 0.0461. The quantitative estimate of drug-likeness (QED) is 0.335. The first-order valence-corrected chi connectivity index (χ1v) is 12.2. The Morgan fingerprint density at radius 1 is 1.00 bits per heavy atom. The number of hydrogen-bond donors (Lipinski definition) is 1. The number of rotatable bonds is 12. The number of para-hydroxylation sites is 1. The molecule has 0 spiro atoms. The lowest BCUT2D eigenvalue weighted by molar-refractivity contribution is -0.124. The number of benzene rings is 2. The summed E-state index contributed by atoms with van der Waals surface area (Å²) in [5, 5.41) is 3.37. The molecule has 1 aliphatic heterocycles. The summed E-state index contributed by atoms with van der Waals surface area (Å²) in [5.41, 5.74) is 1.40. The fourth-order valence-electron chi connectivity index (χ4n) is 3.98. The summed E-state index contributed by atoms with van der Waals surface area (Å²) in [5.74, 6) is 0.382. The molecule has 33 heavy (non-hydrogen) atoms. The van der Waals surface area contributed by atoms with Gasteiger partial charge in [-0.15, -0.1) is 0 Å². The Morgan fingerprint density at radius 2 is 1.70 bits per heavy atom. The number of carbonyl (C=O) groups is 2. The maximum atomic E-state index is 13.4. The fourth-order valence-corrected chi connectivity index (χ4v) is 4.39. The average molecular weight is 468 g/mol. The van der Waals surface area contributed by atoms with E-state index in [4.69, 9.17) is 17.0 Å². The Hall–Kier alpha value is -2.93. The molecule has 0 bridgehead atoms. The molecule has 0 aliphatic carbocycles. The predicted molar refractivity (Wildman–Crippen MR) is 137 cm³/mol. The van der Waals surface area contributed by atoms with Gasteiger partial charge in [0.1, 0.15) is 11.8 Å². The lowest BCUT2D eigenvalue weighted by Gasteiger charge is -2.24. The van der Waals surface area contributed by atoms with Crippen molar-refractivity contribution >= 4 is 40.5 Å². The predicted octanol–water partition coefficient (Wildman–Crippen LogP) is 5.39. The summed E-state index contributed by atoms with van der Waals surface area (Å²) in [6.45, 7) is 5.36. The van der Waals surface area contributed by atoms with Crippen molar-refractivity contribution in [3.63, 3.8) is 0 Å². The zero-order valence-electron chi connectivity index (χ0n) is 19.5. The van der Waals surface area contributed by atoms with Crippen LogP contribution in [0.1, 0.15) is 52.4 Å². The lowest BCUT2D eigenvalue weighted by atomic mass is 10.1. The third-order valence-corrected chi connectivity index (χ3v) is 6.08. The molecule has 176 valence electrons. The Labute approximate surface area is 201 Å². The number of hydrogen-bond acceptors (Lipinski definition) is 4. The molecule has 1 N–H and O–H groups in total. The monoisotopic (exact) mass is 467 g/mol. The van der Waals surface area contributed by atoms with Crippen LogP contribution in [0.2, 0.25) is 0 Å². The molecule has 7 heteroatoms. The van der Waals surface area contributed by atoms with Gasteiger partial charge in [-0.1, -0.05) is 50.8 Å². The molecule has 1 fully saturated rings. The van der Waals surface area contributed by atoms with E-state index in [0.717, 1.165) is 30.7 Å². The number of unbranched alkanes of at least 4 members (excludes halogenated alkanes) is 4. The van der Waals surface area contributed by atoms with Crippen LogP contribution in [-0.4, -0.2) is 41.0 Å². The van der Waals surface area contributed by atoms with Crippen molar-refractivity contribution < 1.29 is 14.3 Å². The Morgan fingerprint density at radius 3 is 2.36 bits per heavy atom. The number of thiocarbonyl (C=S) groups is 1. The van der Waals surface area contributed by atoms with Gasteiger partial charge in [-0.05, 0) is 62.0 Å². The Bertz CT molecular complexity index is 934. The van der Waals surface area contributed by atoms with E-state index in [2.05, 4.69) is 12.2 Å². The van der Waals surface area contributed by atoms with E-state index in [1.165, 1.54) is 12.8 Å². The van der Waals surface area contributed by atoms with Crippen LogP contribution < -0.4 is 15.0 Å². The molecule has 1 unspecified atom stereocenters. The third-order valence-electron chi connectivity index (χ3n) is 5.66. The Balaban J connectivity index is 1.70. The van der Waals surface area contributed by atoms with Crippen molar-refractivity contribution in [1.29, 1.82) is 0 Å². The molecule has 1 heterocycles. The minimum Gasteiger partial charge on any atom is -0.494 e. The first-order chi connectivity index (χ1) is 16.0. The largest absolute Gasteiger partial charge is 0.494 e. The fraction of sp³-hybridized carbons (Fsp3) is 0.423. The minimum atomic E-state index is -0.605.